The van der Waals surface area contributed by atoms with E-state index in [1.807, 2.05) is 115 Å². The van der Waals surface area contributed by atoms with E-state index in [4.69, 9.17) is 29.0 Å². The molecule has 0 spiro atoms. The molecule has 2 atom stereocenters. The summed E-state index contributed by atoms with van der Waals surface area (Å²) in [4.78, 5) is 19.5. The number of aliphatic hydroxyl groups excluding tert-OH is 1. The van der Waals surface area contributed by atoms with Crippen LogP contribution in [0.1, 0.15) is 41.2 Å². The largest absolute Gasteiger partial charge is 0.497 e. The van der Waals surface area contributed by atoms with Gasteiger partial charge in [-0.3, -0.25) is 4.79 Å². The first-order chi connectivity index (χ1) is 22.5. The van der Waals surface area contributed by atoms with Gasteiger partial charge in [-0.1, -0.05) is 66.7 Å². The van der Waals surface area contributed by atoms with Crippen molar-refractivity contribution in [2.75, 3.05) is 34.0 Å². The Labute approximate surface area is 270 Å². The third-order valence-corrected chi connectivity index (χ3v) is 7.80. The van der Waals surface area contributed by atoms with Gasteiger partial charge in [-0.25, -0.2) is 4.99 Å². The molecule has 1 amide bonds. The van der Waals surface area contributed by atoms with Crippen molar-refractivity contribution in [3.8, 4) is 17.2 Å². The SMILES string of the molecule is COc1cccc(CCNC(=O)[C@]2(C/C=C/c3ccccc3)N=C(c3ccc(OCCCO)cc3)O[C@@H]2c2cccc(OC)c2)c1. The number of hydrogen-bond donors (Lipinski definition) is 2. The van der Waals surface area contributed by atoms with Crippen molar-refractivity contribution in [1.82, 2.24) is 5.32 Å². The highest BCUT2D eigenvalue weighted by Gasteiger charge is 2.52. The Morgan fingerprint density at radius 3 is 2.39 bits per heavy atom. The van der Waals surface area contributed by atoms with E-state index < -0.39 is 11.6 Å². The molecule has 0 fully saturated rings. The molecular weight excluding hydrogens is 580 g/mol. The average molecular weight is 621 g/mol. The Bertz CT molecular complexity index is 1640. The standard InChI is InChI=1S/C38H40N2O6/c1-43-33-15-6-12-29(26-33)21-23-39-37(42)38(22-8-13-28-10-4-3-5-11-28)35(31-14-7-16-34(27-31)44-2)46-36(40-38)30-17-19-32(20-18-30)45-25-9-24-41/h3-8,10-20,26-27,35,41H,9,21-25H2,1-2H3,(H,39,42)/b13-8+/t35-,38-/m1/s1. The molecule has 8 nitrogen and oxygen atoms in total. The third-order valence-electron chi connectivity index (χ3n) is 7.80. The monoisotopic (exact) mass is 620 g/mol. The van der Waals surface area contributed by atoms with Crippen LogP contribution in [0.4, 0.5) is 0 Å². The number of aliphatic imine (C=N–C) groups is 1. The highest BCUT2D eigenvalue weighted by Crippen LogP contribution is 2.43. The summed E-state index contributed by atoms with van der Waals surface area (Å²) in [6.07, 6.45) is 4.72. The number of carbonyl (C=O) groups excluding carboxylic acids is 1. The number of nitrogens with one attached hydrogen (secondary N) is 1. The number of benzene rings is 4. The third kappa shape index (κ3) is 7.95. The van der Waals surface area contributed by atoms with E-state index >= 15 is 0 Å². The molecule has 0 saturated heterocycles. The number of nitrogens with zero attached hydrogens (tertiary/aromatic N) is 1. The van der Waals surface area contributed by atoms with E-state index in [9.17, 15) is 4.79 Å². The summed E-state index contributed by atoms with van der Waals surface area (Å²) in [5.41, 5.74) is 2.26. The van der Waals surface area contributed by atoms with Crippen LogP contribution in [-0.2, 0) is 16.0 Å². The summed E-state index contributed by atoms with van der Waals surface area (Å²) >= 11 is 0. The van der Waals surface area contributed by atoms with Gasteiger partial charge in [-0.2, -0.15) is 0 Å². The number of rotatable bonds is 15. The Kier molecular flexibility index (Phi) is 11.1. The van der Waals surface area contributed by atoms with Crippen molar-refractivity contribution in [3.63, 3.8) is 0 Å². The van der Waals surface area contributed by atoms with Gasteiger partial charge in [0.05, 0.1) is 20.8 Å². The van der Waals surface area contributed by atoms with Gasteiger partial charge < -0.3 is 29.4 Å². The fraction of sp³-hybridized carbons (Fsp3) is 0.263. The smallest absolute Gasteiger partial charge is 0.252 e. The van der Waals surface area contributed by atoms with Crippen LogP contribution >= 0.6 is 0 Å². The van der Waals surface area contributed by atoms with Crippen LogP contribution in [0.25, 0.3) is 6.08 Å². The lowest BCUT2D eigenvalue weighted by Crippen LogP contribution is -2.48. The maximum absolute atomic E-state index is 14.4. The maximum atomic E-state index is 14.4. The second-order valence-electron chi connectivity index (χ2n) is 10.9. The van der Waals surface area contributed by atoms with Gasteiger partial charge in [0, 0.05) is 31.6 Å². The lowest BCUT2D eigenvalue weighted by Gasteiger charge is -2.30. The zero-order valence-corrected chi connectivity index (χ0v) is 26.2. The Morgan fingerprint density at radius 2 is 1.65 bits per heavy atom. The van der Waals surface area contributed by atoms with E-state index in [2.05, 4.69) is 5.32 Å². The molecule has 5 rings (SSSR count). The predicted molar refractivity (Wildman–Crippen MR) is 180 cm³/mol. The lowest BCUT2D eigenvalue weighted by atomic mass is 9.84. The first-order valence-corrected chi connectivity index (χ1v) is 15.4. The Balaban J connectivity index is 1.49. The Hall–Kier alpha value is -5.08. The molecule has 238 valence electrons. The van der Waals surface area contributed by atoms with Gasteiger partial charge in [-0.05, 0) is 71.6 Å². The van der Waals surface area contributed by atoms with Crippen molar-refractivity contribution in [2.24, 2.45) is 4.99 Å². The van der Waals surface area contributed by atoms with Crippen LogP contribution in [-0.4, -0.2) is 56.4 Å². The van der Waals surface area contributed by atoms with Crippen molar-refractivity contribution < 1.29 is 28.8 Å². The topological polar surface area (TPSA) is 98.6 Å². The van der Waals surface area contributed by atoms with E-state index in [1.54, 1.807) is 14.2 Å². The molecule has 0 bridgehead atoms. The van der Waals surface area contributed by atoms with Gasteiger partial charge in [0.25, 0.3) is 5.91 Å². The number of amides is 1. The molecule has 4 aromatic carbocycles. The summed E-state index contributed by atoms with van der Waals surface area (Å²) in [5, 5.41) is 12.2. The minimum atomic E-state index is -1.31. The number of aliphatic hydroxyl groups is 1. The molecule has 0 unspecified atom stereocenters. The molecule has 0 radical (unpaired) electrons. The highest BCUT2D eigenvalue weighted by atomic mass is 16.5. The second kappa shape index (κ2) is 15.8. The van der Waals surface area contributed by atoms with Crippen molar-refractivity contribution >= 4 is 17.9 Å². The molecule has 1 aliphatic heterocycles. The maximum Gasteiger partial charge on any atom is 0.252 e. The fourth-order valence-electron chi connectivity index (χ4n) is 5.36. The van der Waals surface area contributed by atoms with E-state index in [1.165, 1.54) is 0 Å². The van der Waals surface area contributed by atoms with Gasteiger partial charge >= 0.3 is 0 Å². The Morgan fingerprint density at radius 1 is 0.913 bits per heavy atom. The number of ether oxygens (including phenoxy) is 4. The zero-order valence-electron chi connectivity index (χ0n) is 26.2. The highest BCUT2D eigenvalue weighted by molar-refractivity contribution is 6.01. The molecule has 1 aliphatic rings. The first kappa shape index (κ1) is 32.3. The van der Waals surface area contributed by atoms with Crippen LogP contribution in [0.2, 0.25) is 0 Å². The molecule has 1 heterocycles. The normalized spacial score (nSPS) is 17.3. The van der Waals surface area contributed by atoms with E-state index in [0.717, 1.165) is 28.0 Å². The molecular formula is C38H40N2O6. The zero-order chi connectivity index (χ0) is 32.2. The predicted octanol–water partition coefficient (Wildman–Crippen LogP) is 6.18. The van der Waals surface area contributed by atoms with Crippen LogP contribution in [0.5, 0.6) is 17.2 Å². The molecule has 4 aromatic rings. The van der Waals surface area contributed by atoms with Crippen LogP contribution < -0.4 is 19.5 Å². The van der Waals surface area contributed by atoms with Crippen LogP contribution in [0.3, 0.4) is 0 Å². The van der Waals surface area contributed by atoms with E-state index in [0.29, 0.717) is 49.8 Å². The van der Waals surface area contributed by atoms with Gasteiger partial charge in [0.1, 0.15) is 17.2 Å². The van der Waals surface area contributed by atoms with Crippen molar-refractivity contribution in [2.45, 2.75) is 30.9 Å². The molecule has 46 heavy (non-hydrogen) atoms. The molecule has 0 saturated carbocycles. The summed E-state index contributed by atoms with van der Waals surface area (Å²) in [6.45, 7) is 0.889. The summed E-state index contributed by atoms with van der Waals surface area (Å²) in [7, 11) is 3.25. The minimum absolute atomic E-state index is 0.0663. The quantitative estimate of drug-likeness (QED) is 0.154. The lowest BCUT2D eigenvalue weighted by molar-refractivity contribution is -0.128. The summed E-state index contributed by atoms with van der Waals surface area (Å²) in [5.74, 6) is 2.23. The van der Waals surface area contributed by atoms with E-state index in [-0.39, 0.29) is 12.5 Å². The van der Waals surface area contributed by atoms with Gasteiger partial charge in [-0.15, -0.1) is 0 Å². The first-order valence-electron chi connectivity index (χ1n) is 15.4. The fourth-order valence-corrected chi connectivity index (χ4v) is 5.36. The molecule has 0 aliphatic carbocycles. The molecule has 0 aromatic heterocycles. The van der Waals surface area contributed by atoms with Crippen LogP contribution in [0, 0.1) is 0 Å². The number of methoxy groups -OCH3 is 2. The summed E-state index contributed by atoms with van der Waals surface area (Å²) in [6, 6.07) is 32.8. The van der Waals surface area contributed by atoms with Crippen molar-refractivity contribution in [1.29, 1.82) is 0 Å². The number of carbonyl (C=O) groups is 1. The minimum Gasteiger partial charge on any atom is -0.497 e. The molecule has 8 heteroatoms. The van der Waals surface area contributed by atoms with Crippen LogP contribution in [0.15, 0.2) is 114 Å². The van der Waals surface area contributed by atoms with Gasteiger partial charge in [0.2, 0.25) is 5.90 Å². The number of hydrogen-bond acceptors (Lipinski definition) is 7. The molecule has 2 N–H and O–H groups in total. The summed E-state index contributed by atoms with van der Waals surface area (Å²) < 4.78 is 23.2. The van der Waals surface area contributed by atoms with Gasteiger partial charge in [0.15, 0.2) is 11.6 Å². The second-order valence-corrected chi connectivity index (χ2v) is 10.9. The average Bonchev–Trinajstić information content (AvgIpc) is 3.50. The van der Waals surface area contributed by atoms with Crippen molar-refractivity contribution in [3.05, 3.63) is 131 Å².